The Labute approximate surface area is 166 Å². The van der Waals surface area contributed by atoms with Crippen LogP contribution in [0.5, 0.6) is 5.75 Å². The molecule has 0 saturated heterocycles. The van der Waals surface area contributed by atoms with Crippen molar-refractivity contribution in [2.45, 2.75) is 33.8 Å². The largest absolute Gasteiger partial charge is 0.496 e. The number of thiazole rings is 1. The van der Waals surface area contributed by atoms with E-state index in [0.717, 1.165) is 47.5 Å². The van der Waals surface area contributed by atoms with Gasteiger partial charge in [0.15, 0.2) is 5.96 Å². The lowest BCUT2D eigenvalue weighted by Crippen LogP contribution is -2.38. The Morgan fingerprint density at radius 2 is 2.04 bits per heavy atom. The van der Waals surface area contributed by atoms with E-state index in [1.165, 1.54) is 4.88 Å². The highest BCUT2D eigenvalue weighted by atomic mass is 32.1. The summed E-state index contributed by atoms with van der Waals surface area (Å²) in [5.74, 6) is 1.66. The van der Waals surface area contributed by atoms with E-state index in [2.05, 4.69) is 41.4 Å². The molecule has 0 aliphatic rings. The Morgan fingerprint density at radius 1 is 1.22 bits per heavy atom. The molecule has 6 nitrogen and oxygen atoms in total. The van der Waals surface area contributed by atoms with Gasteiger partial charge in [0.05, 0.1) is 37.6 Å². The van der Waals surface area contributed by atoms with Crippen LogP contribution < -0.4 is 15.4 Å². The fourth-order valence-electron chi connectivity index (χ4n) is 2.50. The second kappa shape index (κ2) is 11.6. The number of guanidine groups is 1. The molecular formula is C20H30N4O2S. The molecule has 2 rings (SSSR count). The standard InChI is InChI=1S/C20H30N4O2S/c1-5-21-20(22-11-10-19-24-15(2)16(3)27-19)23-12-13-26-14-17-8-6-7-9-18(17)25-4/h6-9H,5,10-14H2,1-4H3,(H2,21,22,23). The van der Waals surface area contributed by atoms with Crippen LogP contribution >= 0.6 is 11.3 Å². The molecule has 0 aliphatic carbocycles. The van der Waals surface area contributed by atoms with Gasteiger partial charge in [0.1, 0.15) is 5.75 Å². The van der Waals surface area contributed by atoms with E-state index in [-0.39, 0.29) is 0 Å². The van der Waals surface area contributed by atoms with Gasteiger partial charge in [0.25, 0.3) is 0 Å². The lowest BCUT2D eigenvalue weighted by atomic mass is 10.2. The summed E-state index contributed by atoms with van der Waals surface area (Å²) in [7, 11) is 1.67. The maximum absolute atomic E-state index is 5.73. The van der Waals surface area contributed by atoms with E-state index in [4.69, 9.17) is 9.47 Å². The molecule has 0 bridgehead atoms. The van der Waals surface area contributed by atoms with Crippen LogP contribution in [0.25, 0.3) is 0 Å². The van der Waals surface area contributed by atoms with E-state index in [9.17, 15) is 0 Å². The first-order valence-electron chi connectivity index (χ1n) is 9.28. The second-order valence-corrected chi connectivity index (χ2v) is 7.34. The summed E-state index contributed by atoms with van der Waals surface area (Å²) in [5, 5.41) is 7.77. The average molecular weight is 391 g/mol. The molecule has 0 saturated carbocycles. The number of aliphatic imine (C=N–C) groups is 1. The van der Waals surface area contributed by atoms with Crippen molar-refractivity contribution >= 4 is 17.3 Å². The van der Waals surface area contributed by atoms with Gasteiger partial charge in [-0.15, -0.1) is 11.3 Å². The topological polar surface area (TPSA) is 67.8 Å². The molecule has 0 aliphatic heterocycles. The van der Waals surface area contributed by atoms with Crippen LogP contribution in [0, 0.1) is 13.8 Å². The third-order valence-electron chi connectivity index (χ3n) is 4.00. The second-order valence-electron chi connectivity index (χ2n) is 6.05. The molecule has 0 unspecified atom stereocenters. The number of nitrogens with one attached hydrogen (secondary N) is 2. The highest BCUT2D eigenvalue weighted by Crippen LogP contribution is 2.18. The third-order valence-corrected chi connectivity index (χ3v) is 5.14. The van der Waals surface area contributed by atoms with Crippen LogP contribution in [0.3, 0.4) is 0 Å². The van der Waals surface area contributed by atoms with Gasteiger partial charge in [-0.1, -0.05) is 18.2 Å². The average Bonchev–Trinajstić information content (AvgIpc) is 2.99. The maximum atomic E-state index is 5.73. The van der Waals surface area contributed by atoms with Crippen LogP contribution in [-0.2, 0) is 17.8 Å². The van der Waals surface area contributed by atoms with Crippen molar-refractivity contribution in [2.75, 3.05) is 33.4 Å². The number of methoxy groups -OCH3 is 1. The maximum Gasteiger partial charge on any atom is 0.191 e. The highest BCUT2D eigenvalue weighted by Gasteiger charge is 2.04. The first kappa shape index (κ1) is 21.2. The first-order chi connectivity index (χ1) is 13.1. The van der Waals surface area contributed by atoms with Crippen LogP contribution in [-0.4, -0.2) is 44.3 Å². The number of aromatic nitrogens is 1. The van der Waals surface area contributed by atoms with E-state index in [0.29, 0.717) is 19.8 Å². The quantitative estimate of drug-likeness (QED) is 0.371. The highest BCUT2D eigenvalue weighted by molar-refractivity contribution is 7.11. The van der Waals surface area contributed by atoms with Gasteiger partial charge in [-0.05, 0) is 26.8 Å². The van der Waals surface area contributed by atoms with E-state index >= 15 is 0 Å². The monoisotopic (exact) mass is 390 g/mol. The molecule has 2 aromatic rings. The lowest BCUT2D eigenvalue weighted by Gasteiger charge is -2.11. The van der Waals surface area contributed by atoms with Crippen molar-refractivity contribution in [1.82, 2.24) is 15.6 Å². The normalized spacial score (nSPS) is 11.5. The van der Waals surface area contributed by atoms with Crippen LogP contribution in [0.4, 0.5) is 0 Å². The van der Waals surface area contributed by atoms with E-state index in [1.54, 1.807) is 18.4 Å². The van der Waals surface area contributed by atoms with Gasteiger partial charge in [-0.3, -0.25) is 4.99 Å². The summed E-state index contributed by atoms with van der Waals surface area (Å²) in [6.07, 6.45) is 0.897. The summed E-state index contributed by atoms with van der Waals surface area (Å²) in [4.78, 5) is 10.4. The minimum Gasteiger partial charge on any atom is -0.496 e. The van der Waals surface area contributed by atoms with Crippen molar-refractivity contribution in [2.24, 2.45) is 4.99 Å². The number of para-hydroxylation sites is 1. The minimum absolute atomic E-state index is 0.520. The Kier molecular flexibility index (Phi) is 9.07. The summed E-state index contributed by atoms with van der Waals surface area (Å²) in [6, 6.07) is 7.89. The van der Waals surface area contributed by atoms with Crippen molar-refractivity contribution in [3.8, 4) is 5.75 Å². The van der Waals surface area contributed by atoms with Crippen LogP contribution in [0.15, 0.2) is 29.3 Å². The van der Waals surface area contributed by atoms with Crippen LogP contribution in [0.1, 0.15) is 28.1 Å². The zero-order chi connectivity index (χ0) is 19.5. The van der Waals surface area contributed by atoms with E-state index in [1.807, 2.05) is 24.3 Å². The van der Waals surface area contributed by atoms with Gasteiger partial charge in [0.2, 0.25) is 0 Å². The number of nitrogens with zero attached hydrogens (tertiary/aromatic N) is 2. The summed E-state index contributed by atoms with van der Waals surface area (Å²) in [6.45, 7) is 9.53. The van der Waals surface area contributed by atoms with Crippen molar-refractivity contribution in [3.05, 3.63) is 45.4 Å². The fourth-order valence-corrected chi connectivity index (χ4v) is 3.44. The molecule has 1 aromatic heterocycles. The number of ether oxygens (including phenoxy) is 2. The molecule has 2 N–H and O–H groups in total. The molecular weight excluding hydrogens is 360 g/mol. The third kappa shape index (κ3) is 7.19. The predicted octanol–water partition coefficient (Wildman–Crippen LogP) is 3.08. The van der Waals surface area contributed by atoms with Gasteiger partial charge >= 0.3 is 0 Å². The SMILES string of the molecule is CCNC(=NCCOCc1ccccc1OC)NCCc1nc(C)c(C)s1. The molecule has 1 aromatic carbocycles. The van der Waals surface area contributed by atoms with Gasteiger partial charge in [-0.25, -0.2) is 4.98 Å². The zero-order valence-corrected chi connectivity index (χ0v) is 17.5. The summed E-state index contributed by atoms with van der Waals surface area (Å²) < 4.78 is 11.1. The molecule has 27 heavy (non-hydrogen) atoms. The van der Waals surface area contributed by atoms with Crippen LogP contribution in [0.2, 0.25) is 0 Å². The Balaban J connectivity index is 1.72. The molecule has 0 atom stereocenters. The number of hydrogen-bond donors (Lipinski definition) is 2. The van der Waals surface area contributed by atoms with Crippen molar-refractivity contribution < 1.29 is 9.47 Å². The number of rotatable bonds is 10. The molecule has 0 fully saturated rings. The smallest absolute Gasteiger partial charge is 0.191 e. The Morgan fingerprint density at radius 3 is 2.74 bits per heavy atom. The van der Waals surface area contributed by atoms with Crippen molar-refractivity contribution in [3.63, 3.8) is 0 Å². The summed E-state index contributed by atoms with van der Waals surface area (Å²) >= 11 is 1.76. The number of aryl methyl sites for hydroxylation is 2. The molecule has 0 amide bonds. The fraction of sp³-hybridized carbons (Fsp3) is 0.500. The van der Waals surface area contributed by atoms with E-state index < -0.39 is 0 Å². The lowest BCUT2D eigenvalue weighted by molar-refractivity contribution is 0.126. The molecule has 0 spiro atoms. The van der Waals surface area contributed by atoms with Crippen molar-refractivity contribution in [1.29, 1.82) is 0 Å². The Hall–Kier alpha value is -2.12. The predicted molar refractivity (Wildman–Crippen MR) is 112 cm³/mol. The molecule has 0 radical (unpaired) electrons. The molecule has 148 valence electrons. The molecule has 1 heterocycles. The zero-order valence-electron chi connectivity index (χ0n) is 16.7. The summed E-state index contributed by atoms with van der Waals surface area (Å²) in [5.41, 5.74) is 2.17. The first-order valence-corrected chi connectivity index (χ1v) is 10.1. The Bertz CT molecular complexity index is 711. The van der Waals surface area contributed by atoms with Gasteiger partial charge in [-0.2, -0.15) is 0 Å². The number of hydrogen-bond acceptors (Lipinski definition) is 5. The molecule has 7 heteroatoms. The number of benzene rings is 1. The van der Waals surface area contributed by atoms with Gasteiger partial charge in [0, 0.05) is 30.0 Å². The van der Waals surface area contributed by atoms with Gasteiger partial charge < -0.3 is 20.1 Å². The minimum atomic E-state index is 0.520.